The van der Waals surface area contributed by atoms with E-state index in [-0.39, 0.29) is 28.8 Å². The summed E-state index contributed by atoms with van der Waals surface area (Å²) in [5, 5.41) is 0. The van der Waals surface area contributed by atoms with E-state index in [9.17, 15) is 9.59 Å². The third-order valence-corrected chi connectivity index (χ3v) is 5.82. The molecule has 1 aliphatic heterocycles. The minimum Gasteiger partial charge on any atom is -0.493 e. The number of rotatable bonds is 3. The van der Waals surface area contributed by atoms with Crippen LogP contribution in [0.3, 0.4) is 0 Å². The Bertz CT molecular complexity index is 1630. The van der Waals surface area contributed by atoms with Gasteiger partial charge in [0.2, 0.25) is 5.95 Å². The first-order valence-corrected chi connectivity index (χ1v) is 10.3. The highest BCUT2D eigenvalue weighted by molar-refractivity contribution is 6.01. The normalized spacial score (nSPS) is 15.5. The number of anilines is 1. The Balaban J connectivity index is 1.64. The number of primary amides is 1. The maximum atomic E-state index is 13.1. The molecule has 164 valence electrons. The number of carbonyl (C=O) groups is 1. The number of ether oxygens (including phenoxy) is 1. The number of nitrogens with two attached hydrogens (primary N) is 2. The minimum absolute atomic E-state index is 0.0862. The summed E-state index contributed by atoms with van der Waals surface area (Å²) in [4.78, 5) is 41.5. The number of amides is 1. The van der Waals surface area contributed by atoms with Crippen LogP contribution in [0.5, 0.6) is 5.75 Å². The van der Waals surface area contributed by atoms with Crippen LogP contribution in [0.2, 0.25) is 0 Å². The highest BCUT2D eigenvalue weighted by Gasteiger charge is 2.28. The molecule has 0 bridgehead atoms. The molecule has 0 radical (unpaired) electrons. The standard InChI is InChI=1S/C22H18N8O3/c23-11-5-6-13-15(9-11)29(10-25-13)21-26-17(19(24)31)18-20(28-21)30(22(32)27-18)14-7-8-33-16-4-2-1-3-12(14)16/h1-6,9-10,14H,7-8,23H2,(H2,24,31)(H,27,32). The van der Waals surface area contributed by atoms with Crippen LogP contribution in [-0.2, 0) is 0 Å². The van der Waals surface area contributed by atoms with Gasteiger partial charge in [0.1, 0.15) is 17.6 Å². The summed E-state index contributed by atoms with van der Waals surface area (Å²) in [6.45, 7) is 0.437. The summed E-state index contributed by atoms with van der Waals surface area (Å²) in [5.41, 5.74) is 14.3. The molecule has 5 N–H and O–H groups in total. The molecule has 5 aromatic rings. The molecular formula is C22H18N8O3. The van der Waals surface area contributed by atoms with E-state index in [1.54, 1.807) is 22.8 Å². The van der Waals surface area contributed by atoms with Crippen LogP contribution in [0, 0.1) is 0 Å². The molecule has 1 unspecified atom stereocenters. The molecule has 0 spiro atoms. The molecule has 0 saturated carbocycles. The fraction of sp³-hybridized carbons (Fsp3) is 0.136. The second kappa shape index (κ2) is 6.92. The SMILES string of the molecule is NC(=O)c1nc(-n2cnc3ccc(N)cc32)nc2c1[nH]c(=O)n2C1CCOc2ccccc21. The van der Waals surface area contributed by atoms with Crippen molar-refractivity contribution in [1.29, 1.82) is 0 Å². The van der Waals surface area contributed by atoms with Crippen molar-refractivity contribution in [3.05, 3.63) is 70.5 Å². The molecule has 1 atom stereocenters. The number of para-hydroxylation sites is 1. The zero-order chi connectivity index (χ0) is 22.7. The molecule has 0 fully saturated rings. The van der Waals surface area contributed by atoms with Crippen molar-refractivity contribution in [2.75, 3.05) is 12.3 Å². The number of nitrogens with one attached hydrogen (secondary N) is 1. The predicted octanol–water partition coefficient (Wildman–Crippen LogP) is 1.51. The Morgan fingerprint density at radius 2 is 2.03 bits per heavy atom. The number of benzene rings is 2. The molecular weight excluding hydrogens is 424 g/mol. The molecule has 2 aromatic carbocycles. The number of aromatic amines is 1. The fourth-order valence-electron chi connectivity index (χ4n) is 4.34. The van der Waals surface area contributed by atoms with Crippen LogP contribution < -0.4 is 21.9 Å². The third-order valence-electron chi connectivity index (χ3n) is 5.82. The maximum Gasteiger partial charge on any atom is 0.328 e. The van der Waals surface area contributed by atoms with Gasteiger partial charge in [-0.1, -0.05) is 18.2 Å². The van der Waals surface area contributed by atoms with Crippen molar-refractivity contribution >= 4 is 33.8 Å². The molecule has 33 heavy (non-hydrogen) atoms. The van der Waals surface area contributed by atoms with Crippen LogP contribution in [0.4, 0.5) is 5.69 Å². The van der Waals surface area contributed by atoms with Crippen LogP contribution >= 0.6 is 0 Å². The molecule has 11 nitrogen and oxygen atoms in total. The second-order valence-electron chi connectivity index (χ2n) is 7.79. The lowest BCUT2D eigenvalue weighted by Gasteiger charge is -2.26. The summed E-state index contributed by atoms with van der Waals surface area (Å²) < 4.78 is 8.89. The smallest absolute Gasteiger partial charge is 0.328 e. The fourth-order valence-corrected chi connectivity index (χ4v) is 4.34. The molecule has 0 aliphatic carbocycles. The molecule has 1 amide bonds. The molecule has 11 heteroatoms. The zero-order valence-corrected chi connectivity index (χ0v) is 17.2. The minimum atomic E-state index is -0.784. The Hall–Kier alpha value is -4.67. The van der Waals surface area contributed by atoms with Crippen molar-refractivity contribution < 1.29 is 9.53 Å². The van der Waals surface area contributed by atoms with Crippen molar-refractivity contribution in [3.8, 4) is 11.7 Å². The van der Waals surface area contributed by atoms with E-state index in [0.717, 1.165) is 5.56 Å². The Morgan fingerprint density at radius 1 is 1.18 bits per heavy atom. The summed E-state index contributed by atoms with van der Waals surface area (Å²) in [6, 6.07) is 12.4. The Morgan fingerprint density at radius 3 is 2.88 bits per heavy atom. The van der Waals surface area contributed by atoms with E-state index in [2.05, 4.69) is 19.9 Å². The van der Waals surface area contributed by atoms with Crippen molar-refractivity contribution in [1.82, 2.24) is 29.1 Å². The van der Waals surface area contributed by atoms with Gasteiger partial charge < -0.3 is 21.2 Å². The number of imidazole rings is 2. The number of fused-ring (bicyclic) bond motifs is 3. The number of H-pyrrole nitrogens is 1. The first-order chi connectivity index (χ1) is 16.0. The first-order valence-electron chi connectivity index (χ1n) is 10.3. The highest BCUT2D eigenvalue weighted by Crippen LogP contribution is 2.35. The quantitative estimate of drug-likeness (QED) is 0.357. The molecule has 6 rings (SSSR count). The molecule has 4 heterocycles. The van der Waals surface area contributed by atoms with Crippen LogP contribution in [0.1, 0.15) is 28.5 Å². The van der Waals surface area contributed by atoms with E-state index in [4.69, 9.17) is 16.2 Å². The molecule has 0 saturated heterocycles. The van der Waals surface area contributed by atoms with Gasteiger partial charge in [-0.25, -0.2) is 14.8 Å². The summed E-state index contributed by atoms with van der Waals surface area (Å²) in [5.74, 6) is 0.0707. The number of hydrogen-bond donors (Lipinski definition) is 3. The van der Waals surface area contributed by atoms with Gasteiger partial charge in [-0.3, -0.25) is 13.9 Å². The van der Waals surface area contributed by atoms with Crippen molar-refractivity contribution in [2.45, 2.75) is 12.5 Å². The molecule has 3 aromatic heterocycles. The Kier molecular flexibility index (Phi) is 3.99. The van der Waals surface area contributed by atoms with Crippen LogP contribution in [0.15, 0.2) is 53.6 Å². The summed E-state index contributed by atoms with van der Waals surface area (Å²) in [6.07, 6.45) is 2.09. The average Bonchev–Trinajstić information content (AvgIpc) is 3.37. The monoisotopic (exact) mass is 442 g/mol. The summed E-state index contributed by atoms with van der Waals surface area (Å²) in [7, 11) is 0. The molecule has 1 aliphatic rings. The number of nitrogens with zero attached hydrogens (tertiary/aromatic N) is 5. The van der Waals surface area contributed by atoms with Gasteiger partial charge in [-0.2, -0.15) is 4.98 Å². The first kappa shape index (κ1) is 19.0. The number of aromatic nitrogens is 6. The van der Waals surface area contributed by atoms with Crippen LogP contribution in [0.25, 0.3) is 28.1 Å². The van der Waals surface area contributed by atoms with Crippen molar-refractivity contribution in [2.24, 2.45) is 5.73 Å². The summed E-state index contributed by atoms with van der Waals surface area (Å²) >= 11 is 0. The van der Waals surface area contributed by atoms with Crippen molar-refractivity contribution in [3.63, 3.8) is 0 Å². The van der Waals surface area contributed by atoms with E-state index >= 15 is 0 Å². The van der Waals surface area contributed by atoms with E-state index in [0.29, 0.717) is 35.5 Å². The van der Waals surface area contributed by atoms with Gasteiger partial charge in [0.05, 0.1) is 23.7 Å². The average molecular weight is 442 g/mol. The third kappa shape index (κ3) is 2.86. The zero-order valence-electron chi connectivity index (χ0n) is 17.2. The Labute approximate surface area is 185 Å². The highest BCUT2D eigenvalue weighted by atomic mass is 16.5. The van der Waals surface area contributed by atoms with Gasteiger partial charge in [0.25, 0.3) is 5.91 Å². The van der Waals surface area contributed by atoms with Gasteiger partial charge >= 0.3 is 5.69 Å². The van der Waals surface area contributed by atoms with Gasteiger partial charge in [0, 0.05) is 17.7 Å². The van der Waals surface area contributed by atoms with E-state index < -0.39 is 11.6 Å². The number of carbonyl (C=O) groups excluding carboxylic acids is 1. The topological polar surface area (TPSA) is 160 Å². The lowest BCUT2D eigenvalue weighted by molar-refractivity contribution is 0.0997. The maximum absolute atomic E-state index is 13.1. The van der Waals surface area contributed by atoms with Gasteiger partial charge in [-0.15, -0.1) is 0 Å². The lowest BCUT2D eigenvalue weighted by atomic mass is 10.0. The van der Waals surface area contributed by atoms with E-state index in [1.807, 2.05) is 24.3 Å². The van der Waals surface area contributed by atoms with Gasteiger partial charge in [0.15, 0.2) is 11.3 Å². The van der Waals surface area contributed by atoms with Crippen LogP contribution in [-0.4, -0.2) is 41.6 Å². The predicted molar refractivity (Wildman–Crippen MR) is 120 cm³/mol. The number of nitrogen functional groups attached to an aromatic ring is 1. The van der Waals surface area contributed by atoms with Gasteiger partial charge in [-0.05, 0) is 24.3 Å². The van der Waals surface area contributed by atoms with E-state index in [1.165, 1.54) is 10.9 Å². The second-order valence-corrected chi connectivity index (χ2v) is 7.79. The number of hydrogen-bond acceptors (Lipinski definition) is 7. The lowest BCUT2D eigenvalue weighted by Crippen LogP contribution is -2.28. The largest absolute Gasteiger partial charge is 0.493 e.